The highest BCUT2D eigenvalue weighted by Crippen LogP contribution is 2.22. The molecule has 120 valence electrons. The SMILES string of the molecule is NC(=O)C1=NN(c2ccccc2)C(C(N)=O)=NN1c1ccccc1. The summed E-state index contributed by atoms with van der Waals surface area (Å²) in [7, 11) is 0. The third kappa shape index (κ3) is 2.80. The summed E-state index contributed by atoms with van der Waals surface area (Å²) in [6.45, 7) is 0. The molecular formula is C16H14N6O2. The molecule has 24 heavy (non-hydrogen) atoms. The first-order valence-corrected chi connectivity index (χ1v) is 7.05. The maximum atomic E-state index is 11.8. The van der Waals surface area contributed by atoms with Crippen molar-refractivity contribution >= 4 is 34.9 Å². The number of nitrogens with two attached hydrogens (primary N) is 2. The Balaban J connectivity index is 2.13. The number of hydrogen-bond acceptors (Lipinski definition) is 6. The van der Waals surface area contributed by atoms with Gasteiger partial charge in [0.25, 0.3) is 11.8 Å². The van der Waals surface area contributed by atoms with Crippen molar-refractivity contribution in [1.29, 1.82) is 0 Å². The van der Waals surface area contributed by atoms with Crippen LogP contribution in [0.3, 0.4) is 0 Å². The van der Waals surface area contributed by atoms with Gasteiger partial charge in [-0.05, 0) is 24.3 Å². The molecule has 8 heteroatoms. The van der Waals surface area contributed by atoms with Gasteiger partial charge in [-0.15, -0.1) is 10.2 Å². The van der Waals surface area contributed by atoms with Gasteiger partial charge in [-0.3, -0.25) is 9.59 Å². The zero-order chi connectivity index (χ0) is 17.1. The number of hydrazone groups is 2. The highest BCUT2D eigenvalue weighted by molar-refractivity contribution is 6.48. The van der Waals surface area contributed by atoms with Gasteiger partial charge in [-0.1, -0.05) is 36.4 Å². The van der Waals surface area contributed by atoms with E-state index in [0.29, 0.717) is 11.4 Å². The van der Waals surface area contributed by atoms with Gasteiger partial charge >= 0.3 is 0 Å². The van der Waals surface area contributed by atoms with Crippen molar-refractivity contribution < 1.29 is 9.59 Å². The number of amidine groups is 2. The van der Waals surface area contributed by atoms with Crippen molar-refractivity contribution in [3.8, 4) is 0 Å². The van der Waals surface area contributed by atoms with Crippen LogP contribution in [-0.4, -0.2) is 23.5 Å². The van der Waals surface area contributed by atoms with Gasteiger partial charge in [0.1, 0.15) is 0 Å². The predicted octanol–water partition coefficient (Wildman–Crippen LogP) is 0.611. The molecule has 0 saturated heterocycles. The number of nitrogens with zero attached hydrogens (tertiary/aromatic N) is 4. The van der Waals surface area contributed by atoms with E-state index in [9.17, 15) is 9.59 Å². The van der Waals surface area contributed by atoms with Crippen LogP contribution in [0, 0.1) is 0 Å². The second-order valence-electron chi connectivity index (χ2n) is 4.87. The number of para-hydroxylation sites is 2. The van der Waals surface area contributed by atoms with Crippen molar-refractivity contribution in [1.82, 2.24) is 0 Å². The monoisotopic (exact) mass is 322 g/mol. The fraction of sp³-hybridized carbons (Fsp3) is 0. The Morgan fingerprint density at radius 1 is 0.667 bits per heavy atom. The van der Waals surface area contributed by atoms with E-state index in [1.165, 1.54) is 10.0 Å². The smallest absolute Gasteiger partial charge is 0.288 e. The molecule has 0 bridgehead atoms. The van der Waals surface area contributed by atoms with Crippen LogP contribution >= 0.6 is 0 Å². The molecule has 8 nitrogen and oxygen atoms in total. The Morgan fingerprint density at radius 3 is 1.29 bits per heavy atom. The fourth-order valence-electron chi connectivity index (χ4n) is 2.17. The van der Waals surface area contributed by atoms with Crippen molar-refractivity contribution in [2.45, 2.75) is 0 Å². The van der Waals surface area contributed by atoms with E-state index in [1.807, 2.05) is 12.1 Å². The molecule has 0 saturated carbocycles. The lowest BCUT2D eigenvalue weighted by Gasteiger charge is -2.29. The van der Waals surface area contributed by atoms with Crippen molar-refractivity contribution in [2.75, 3.05) is 10.0 Å². The number of hydrogen-bond donors (Lipinski definition) is 2. The molecule has 0 atom stereocenters. The van der Waals surface area contributed by atoms with Crippen LogP contribution < -0.4 is 21.5 Å². The van der Waals surface area contributed by atoms with Crippen LogP contribution in [0.25, 0.3) is 0 Å². The predicted molar refractivity (Wildman–Crippen MR) is 91.1 cm³/mol. The molecule has 2 aromatic rings. The van der Waals surface area contributed by atoms with Crippen molar-refractivity contribution in [3.05, 3.63) is 60.7 Å². The van der Waals surface area contributed by atoms with Crippen LogP contribution in [-0.2, 0) is 9.59 Å². The molecule has 1 heterocycles. The Morgan fingerprint density at radius 2 is 1.00 bits per heavy atom. The number of primary amides is 2. The second-order valence-corrected chi connectivity index (χ2v) is 4.87. The zero-order valence-corrected chi connectivity index (χ0v) is 12.5. The van der Waals surface area contributed by atoms with Gasteiger partial charge in [0.2, 0.25) is 11.7 Å². The topological polar surface area (TPSA) is 117 Å². The van der Waals surface area contributed by atoms with Crippen LogP contribution in [0.5, 0.6) is 0 Å². The summed E-state index contributed by atoms with van der Waals surface area (Å²) < 4.78 is 0. The number of carbonyl (C=O) groups excluding carboxylic acids is 2. The Bertz CT molecular complexity index is 761. The molecule has 0 aliphatic carbocycles. The lowest BCUT2D eigenvalue weighted by Crippen LogP contribution is -2.49. The number of benzene rings is 2. The van der Waals surface area contributed by atoms with Gasteiger partial charge in [-0.2, -0.15) is 0 Å². The van der Waals surface area contributed by atoms with E-state index in [-0.39, 0.29) is 11.7 Å². The van der Waals surface area contributed by atoms with Crippen LogP contribution in [0.1, 0.15) is 0 Å². The van der Waals surface area contributed by atoms with Gasteiger partial charge in [-0.25, -0.2) is 10.0 Å². The lowest BCUT2D eigenvalue weighted by atomic mass is 10.3. The maximum Gasteiger partial charge on any atom is 0.288 e. The van der Waals surface area contributed by atoms with E-state index in [1.54, 1.807) is 48.5 Å². The van der Waals surface area contributed by atoms with Crippen molar-refractivity contribution in [3.63, 3.8) is 0 Å². The number of amides is 2. The minimum atomic E-state index is -0.785. The van der Waals surface area contributed by atoms with Gasteiger partial charge in [0.05, 0.1) is 11.4 Å². The average Bonchev–Trinajstić information content (AvgIpc) is 2.62. The van der Waals surface area contributed by atoms with Crippen LogP contribution in [0.15, 0.2) is 70.9 Å². The Hall–Kier alpha value is -3.68. The Labute approximate surface area is 137 Å². The van der Waals surface area contributed by atoms with E-state index < -0.39 is 11.8 Å². The molecule has 1 aliphatic heterocycles. The summed E-state index contributed by atoms with van der Waals surface area (Å²) in [4.78, 5) is 23.7. The molecular weight excluding hydrogens is 308 g/mol. The van der Waals surface area contributed by atoms with Gasteiger partial charge < -0.3 is 11.5 Å². The standard InChI is InChI=1S/C16H14N6O2/c17-13(23)15-20-22(12-9-5-2-6-10-12)16(14(18)24)19-21(15)11-7-3-1-4-8-11/h1-10H,(H2,17,23)(H2,18,24). The van der Waals surface area contributed by atoms with Crippen LogP contribution in [0.2, 0.25) is 0 Å². The lowest BCUT2D eigenvalue weighted by molar-refractivity contribution is -0.113. The van der Waals surface area contributed by atoms with E-state index in [4.69, 9.17) is 11.5 Å². The zero-order valence-electron chi connectivity index (χ0n) is 12.5. The van der Waals surface area contributed by atoms with Gasteiger partial charge in [0.15, 0.2) is 0 Å². The largest absolute Gasteiger partial charge is 0.363 e. The van der Waals surface area contributed by atoms with E-state index in [0.717, 1.165) is 0 Å². The first-order chi connectivity index (χ1) is 11.6. The summed E-state index contributed by atoms with van der Waals surface area (Å²) in [5.74, 6) is -1.83. The van der Waals surface area contributed by atoms with E-state index >= 15 is 0 Å². The first kappa shape index (κ1) is 15.2. The highest BCUT2D eigenvalue weighted by Gasteiger charge is 2.31. The van der Waals surface area contributed by atoms with E-state index in [2.05, 4.69) is 10.2 Å². The maximum absolute atomic E-state index is 11.8. The molecule has 0 fully saturated rings. The Kier molecular flexibility index (Phi) is 3.94. The molecule has 0 aromatic heterocycles. The molecule has 0 unspecified atom stereocenters. The summed E-state index contributed by atoms with van der Waals surface area (Å²) in [5, 5.41) is 10.8. The summed E-state index contributed by atoms with van der Waals surface area (Å²) in [5.41, 5.74) is 11.9. The summed E-state index contributed by atoms with van der Waals surface area (Å²) in [6.07, 6.45) is 0. The molecule has 2 aromatic carbocycles. The third-order valence-electron chi connectivity index (χ3n) is 3.23. The van der Waals surface area contributed by atoms with Crippen molar-refractivity contribution in [2.24, 2.45) is 21.7 Å². The average molecular weight is 322 g/mol. The molecule has 0 spiro atoms. The number of carbonyl (C=O) groups is 2. The minimum absolute atomic E-state index is 0.130. The second kappa shape index (κ2) is 6.21. The first-order valence-electron chi connectivity index (χ1n) is 7.05. The molecule has 3 rings (SSSR count). The molecule has 2 amide bonds. The number of anilines is 2. The molecule has 1 aliphatic rings. The molecule has 4 N–H and O–H groups in total. The normalized spacial score (nSPS) is 14.0. The third-order valence-corrected chi connectivity index (χ3v) is 3.23. The van der Waals surface area contributed by atoms with Gasteiger partial charge in [0, 0.05) is 0 Å². The highest BCUT2D eigenvalue weighted by atomic mass is 16.2. The van der Waals surface area contributed by atoms with Crippen LogP contribution in [0.4, 0.5) is 11.4 Å². The number of rotatable bonds is 4. The quantitative estimate of drug-likeness (QED) is 0.857. The summed E-state index contributed by atoms with van der Waals surface area (Å²) in [6, 6.07) is 17.5. The molecule has 0 radical (unpaired) electrons. The fourth-order valence-corrected chi connectivity index (χ4v) is 2.17. The summed E-state index contributed by atoms with van der Waals surface area (Å²) >= 11 is 0. The minimum Gasteiger partial charge on any atom is -0.363 e.